The zero-order chi connectivity index (χ0) is 4.12. The smallest absolute Gasteiger partial charge is 0.00875 e. The van der Waals surface area contributed by atoms with Gasteiger partial charge >= 0.3 is 0 Å². The number of halogens is 2. The molecule has 0 spiro atoms. The van der Waals surface area contributed by atoms with Crippen molar-refractivity contribution in [1.82, 2.24) is 4.34 Å². The highest BCUT2D eigenvalue weighted by Crippen LogP contribution is 1.70. The van der Waals surface area contributed by atoms with Crippen LogP contribution in [0.5, 0.6) is 0 Å². The Bertz CT molecular complexity index is 16.3. The molecule has 0 unspecified atom stereocenters. The van der Waals surface area contributed by atoms with E-state index in [1.165, 1.54) is 6.42 Å². The summed E-state index contributed by atoms with van der Waals surface area (Å²) in [6.45, 7) is 3.17. The largest absolute Gasteiger partial charge is 0.256 e. The summed E-state index contributed by atoms with van der Waals surface area (Å²) in [4.78, 5) is 0. The van der Waals surface area contributed by atoms with Gasteiger partial charge in [-0.25, -0.2) is 0 Å². The number of hydrogen-bond acceptors (Lipinski definition) is 1. The van der Waals surface area contributed by atoms with Crippen LogP contribution in [-0.4, -0.2) is 6.54 Å². The lowest BCUT2D eigenvalue weighted by Crippen LogP contribution is -1.95. The van der Waals surface area contributed by atoms with E-state index >= 15 is 0 Å². The molecule has 0 rings (SSSR count). The first kappa shape index (κ1) is 10.0. The van der Waals surface area contributed by atoms with Gasteiger partial charge in [0.15, 0.2) is 0 Å². The van der Waals surface area contributed by atoms with Crippen molar-refractivity contribution in [3.05, 3.63) is 0 Å². The van der Waals surface area contributed by atoms with Gasteiger partial charge in [-0.3, -0.25) is 4.34 Å². The van der Waals surface area contributed by atoms with Crippen molar-refractivity contribution < 1.29 is 0 Å². The Balaban J connectivity index is 0. The van der Waals surface area contributed by atoms with Crippen LogP contribution in [-0.2, 0) is 0 Å². The fourth-order valence-corrected chi connectivity index (χ4v) is 0.491. The summed E-state index contributed by atoms with van der Waals surface area (Å²) in [6, 6.07) is 0. The Hall–Kier alpha value is 0.920. The highest BCUT2D eigenvalue weighted by molar-refractivity contribution is 9.08. The third-order valence-corrected chi connectivity index (χ3v) is 0.741. The first-order valence-corrected chi connectivity index (χ1v) is 2.54. The van der Waals surface area contributed by atoms with Crippen molar-refractivity contribution >= 4 is 33.1 Å². The van der Waals surface area contributed by atoms with Gasteiger partial charge in [-0.15, -0.1) is 17.0 Å². The monoisotopic (exact) mass is 217 g/mol. The van der Waals surface area contributed by atoms with Crippen molar-refractivity contribution in [2.24, 2.45) is 0 Å². The predicted molar refractivity (Wildman–Crippen MR) is 37.5 cm³/mol. The highest BCUT2D eigenvalue weighted by Gasteiger charge is 1.66. The molecule has 0 aliphatic carbocycles. The van der Waals surface area contributed by atoms with Crippen molar-refractivity contribution in [1.29, 1.82) is 0 Å². The third kappa shape index (κ3) is 8.87. The lowest BCUT2D eigenvalue weighted by atomic mass is 10.5. The Morgan fingerprint density at radius 2 is 2.17 bits per heavy atom. The summed E-state index contributed by atoms with van der Waals surface area (Å²) >= 11 is 3.06. The average molecular weight is 219 g/mol. The molecule has 6 heavy (non-hydrogen) atoms. The molecule has 0 saturated heterocycles. The normalized spacial score (nSPS) is 7.00. The van der Waals surface area contributed by atoms with Crippen molar-refractivity contribution in [3.8, 4) is 0 Å². The Morgan fingerprint density at radius 3 is 2.17 bits per heavy atom. The molecule has 0 aliphatic rings. The quantitative estimate of drug-likeness (QED) is 0.699. The molecule has 40 valence electrons. The second-order valence-electron chi connectivity index (χ2n) is 0.884. The van der Waals surface area contributed by atoms with Crippen molar-refractivity contribution in [2.75, 3.05) is 6.54 Å². The number of hydrogen-bond donors (Lipinski definition) is 1. The van der Waals surface area contributed by atoms with Crippen LogP contribution in [0.15, 0.2) is 0 Å². The first-order chi connectivity index (χ1) is 2.41. The minimum absolute atomic E-state index is 0. The molecule has 0 aromatic carbocycles. The second kappa shape index (κ2) is 9.33. The van der Waals surface area contributed by atoms with Crippen LogP contribution in [0.1, 0.15) is 13.3 Å². The van der Waals surface area contributed by atoms with E-state index in [1.54, 1.807) is 0 Å². The fourth-order valence-electron chi connectivity index (χ4n) is 0.0945. The highest BCUT2D eigenvalue weighted by atomic mass is 79.9. The maximum Gasteiger partial charge on any atom is 0.00875 e. The molecule has 0 aromatic heterocycles. The maximum absolute atomic E-state index is 3.06. The van der Waals surface area contributed by atoms with Gasteiger partial charge in [0.05, 0.1) is 0 Å². The molecule has 0 amide bonds. The van der Waals surface area contributed by atoms with Gasteiger partial charge in [0.25, 0.3) is 0 Å². The summed E-state index contributed by atoms with van der Waals surface area (Å²) in [7, 11) is 0. The van der Waals surface area contributed by atoms with Gasteiger partial charge in [-0.05, 0) is 6.42 Å². The van der Waals surface area contributed by atoms with E-state index in [2.05, 4.69) is 27.4 Å². The molecule has 0 fully saturated rings. The van der Waals surface area contributed by atoms with Crippen LogP contribution in [0.4, 0.5) is 0 Å². The van der Waals surface area contributed by atoms with Gasteiger partial charge < -0.3 is 0 Å². The molecular weight excluding hydrogens is 210 g/mol. The van der Waals surface area contributed by atoms with Gasteiger partial charge in [0, 0.05) is 22.7 Å². The van der Waals surface area contributed by atoms with E-state index in [0.29, 0.717) is 0 Å². The Kier molecular flexibility index (Phi) is 15.6. The molecule has 0 aromatic rings. The van der Waals surface area contributed by atoms with E-state index < -0.39 is 0 Å². The van der Waals surface area contributed by atoms with E-state index in [4.69, 9.17) is 0 Å². The minimum atomic E-state index is 0. The van der Waals surface area contributed by atoms with Crippen molar-refractivity contribution in [3.63, 3.8) is 0 Å². The molecule has 0 radical (unpaired) electrons. The van der Waals surface area contributed by atoms with Crippen LogP contribution < -0.4 is 4.34 Å². The van der Waals surface area contributed by atoms with Crippen LogP contribution in [0.2, 0.25) is 0 Å². The van der Waals surface area contributed by atoms with E-state index in [1.807, 2.05) is 0 Å². The predicted octanol–water partition coefficient (Wildman–Crippen LogP) is 1.87. The molecule has 0 atom stereocenters. The van der Waals surface area contributed by atoms with Gasteiger partial charge in [0.1, 0.15) is 0 Å². The molecule has 0 aliphatic heterocycles. The lowest BCUT2D eigenvalue weighted by Gasteiger charge is -1.81. The molecule has 1 nitrogen and oxygen atoms in total. The third-order valence-electron chi connectivity index (χ3n) is 0.344. The van der Waals surface area contributed by atoms with Crippen LogP contribution in [0.3, 0.4) is 0 Å². The topological polar surface area (TPSA) is 12.0 Å². The summed E-state index contributed by atoms with van der Waals surface area (Å²) in [5.74, 6) is 0. The Morgan fingerprint density at radius 1 is 1.67 bits per heavy atom. The Labute approximate surface area is 57.6 Å². The molecule has 1 N–H and O–H groups in total. The first-order valence-electron chi connectivity index (χ1n) is 1.75. The molecule has 0 heterocycles. The van der Waals surface area contributed by atoms with Crippen molar-refractivity contribution in [2.45, 2.75) is 13.3 Å². The standard InChI is InChI=1S/C3H8BrN.BrH/c1-2-3-5-4;/h5H,2-3H2,1H3;1H. The number of nitrogens with one attached hydrogen (secondary N) is 1. The van der Waals surface area contributed by atoms with E-state index in [0.717, 1.165) is 6.54 Å². The zero-order valence-corrected chi connectivity index (χ0v) is 7.00. The molecule has 0 saturated carbocycles. The van der Waals surface area contributed by atoms with E-state index in [-0.39, 0.29) is 17.0 Å². The van der Waals surface area contributed by atoms with Crippen LogP contribution >= 0.6 is 33.1 Å². The second-order valence-corrected chi connectivity index (χ2v) is 1.44. The minimum Gasteiger partial charge on any atom is -0.256 e. The van der Waals surface area contributed by atoms with Crippen LogP contribution in [0, 0.1) is 0 Å². The summed E-state index contributed by atoms with van der Waals surface area (Å²) < 4.78 is 2.83. The van der Waals surface area contributed by atoms with Crippen LogP contribution in [0.25, 0.3) is 0 Å². The molecule has 0 bridgehead atoms. The average Bonchev–Trinajstić information content (AvgIpc) is 1.41. The lowest BCUT2D eigenvalue weighted by molar-refractivity contribution is 0.888. The van der Waals surface area contributed by atoms with Gasteiger partial charge in [0.2, 0.25) is 0 Å². The molecule has 3 heteroatoms. The number of rotatable bonds is 2. The summed E-state index contributed by atoms with van der Waals surface area (Å²) in [5.41, 5.74) is 0. The molecular formula is C3H9Br2N. The van der Waals surface area contributed by atoms with Gasteiger partial charge in [-0.2, -0.15) is 0 Å². The fraction of sp³-hybridized carbons (Fsp3) is 1.00. The zero-order valence-electron chi connectivity index (χ0n) is 3.70. The summed E-state index contributed by atoms with van der Waals surface area (Å²) in [5, 5.41) is 0. The van der Waals surface area contributed by atoms with E-state index in [9.17, 15) is 0 Å². The maximum atomic E-state index is 3.06. The summed E-state index contributed by atoms with van der Waals surface area (Å²) in [6.07, 6.45) is 1.19. The SMILES string of the molecule is Br.CCCNBr. The van der Waals surface area contributed by atoms with Gasteiger partial charge in [-0.1, -0.05) is 6.92 Å².